The van der Waals surface area contributed by atoms with Crippen molar-refractivity contribution in [2.45, 2.75) is 64.4 Å². The molecule has 4 aliphatic carbocycles. The van der Waals surface area contributed by atoms with Crippen LogP contribution in [0.1, 0.15) is 58.8 Å². The second-order valence-electron chi connectivity index (χ2n) is 9.20. The topological polar surface area (TPSA) is 57.5 Å². The number of aliphatic hydroxyl groups is 2. The highest BCUT2D eigenvalue weighted by Crippen LogP contribution is 2.67. The third-order valence-corrected chi connectivity index (χ3v) is 8.46. The molecule has 25 heavy (non-hydrogen) atoms. The average Bonchev–Trinajstić information content (AvgIpc) is 2.87. The quantitative estimate of drug-likeness (QED) is 0.399. The first-order chi connectivity index (χ1) is 11.8. The van der Waals surface area contributed by atoms with E-state index in [2.05, 4.69) is 19.8 Å². The molecule has 0 heterocycles. The molecular weight excluding hydrogens is 312 g/mol. The van der Waals surface area contributed by atoms with E-state index >= 15 is 0 Å². The lowest BCUT2D eigenvalue weighted by atomic mass is 9.46. The molecule has 3 fully saturated rings. The van der Waals surface area contributed by atoms with Gasteiger partial charge in [-0.1, -0.05) is 25.3 Å². The van der Waals surface area contributed by atoms with Crippen molar-refractivity contribution in [3.8, 4) is 12.3 Å². The fourth-order valence-electron chi connectivity index (χ4n) is 6.90. The molecule has 0 aromatic rings. The summed E-state index contributed by atoms with van der Waals surface area (Å²) in [5.41, 5.74) is 0.577. The Morgan fingerprint density at radius 2 is 1.96 bits per heavy atom. The van der Waals surface area contributed by atoms with Gasteiger partial charge >= 0.3 is 0 Å². The molecule has 4 aliphatic rings. The number of hydrogen-bond donors (Lipinski definition) is 2. The van der Waals surface area contributed by atoms with Crippen LogP contribution in [-0.4, -0.2) is 21.6 Å². The fourth-order valence-corrected chi connectivity index (χ4v) is 6.90. The van der Waals surface area contributed by atoms with Crippen molar-refractivity contribution < 1.29 is 15.0 Å². The largest absolute Gasteiger partial charge is 0.515 e. The standard InChI is InChI=1S/C22H28O3/c1-4-22(25)10-8-18-16-6-5-15-11-19(24)14(13-23)12-20(15,2)17(16)7-9-21(18,22)3/h1,11,13,16-18,23,25H,5-10,12H2,2-3H3/b14-13+/t16-,17+,18+,20+,21+,22+/m1/s1. The van der Waals surface area contributed by atoms with Gasteiger partial charge in [-0.05, 0) is 74.2 Å². The van der Waals surface area contributed by atoms with Crippen LogP contribution in [0.4, 0.5) is 0 Å². The highest BCUT2D eigenvalue weighted by atomic mass is 16.3. The number of terminal acetylenes is 1. The van der Waals surface area contributed by atoms with Gasteiger partial charge in [0.25, 0.3) is 0 Å². The SMILES string of the molecule is C#C[C@]1(O)CC[C@H]2[C@@H]3CCC4=CC(=O)/C(=C/O)C[C@]4(C)[C@H]3CC[C@@]21C. The smallest absolute Gasteiger partial charge is 0.184 e. The number of carbonyl (C=O) groups is 1. The minimum absolute atomic E-state index is 0.0309. The molecule has 134 valence electrons. The molecule has 0 aromatic heterocycles. The minimum Gasteiger partial charge on any atom is -0.515 e. The number of allylic oxidation sites excluding steroid dienone is 2. The normalized spacial score (nSPS) is 50.5. The summed E-state index contributed by atoms with van der Waals surface area (Å²) < 4.78 is 0. The maximum absolute atomic E-state index is 12.2. The van der Waals surface area contributed by atoms with Crippen LogP contribution in [0.15, 0.2) is 23.5 Å². The lowest BCUT2D eigenvalue weighted by Gasteiger charge is -2.58. The third-order valence-electron chi connectivity index (χ3n) is 8.46. The van der Waals surface area contributed by atoms with E-state index in [0.717, 1.165) is 38.4 Å². The molecule has 0 amide bonds. The zero-order chi connectivity index (χ0) is 18.0. The van der Waals surface area contributed by atoms with Gasteiger partial charge in [0.1, 0.15) is 5.60 Å². The van der Waals surface area contributed by atoms with E-state index < -0.39 is 5.60 Å². The number of hydrogen-bond acceptors (Lipinski definition) is 3. The first-order valence-electron chi connectivity index (χ1n) is 9.58. The third kappa shape index (κ3) is 2.01. The molecule has 0 unspecified atom stereocenters. The van der Waals surface area contributed by atoms with Gasteiger partial charge in [0.2, 0.25) is 0 Å². The lowest BCUT2D eigenvalue weighted by Crippen LogP contribution is -2.54. The van der Waals surface area contributed by atoms with Gasteiger partial charge in [-0.25, -0.2) is 0 Å². The molecule has 3 heteroatoms. The Morgan fingerprint density at radius 3 is 2.64 bits per heavy atom. The highest BCUT2D eigenvalue weighted by Gasteiger charge is 2.63. The minimum atomic E-state index is -0.974. The number of aliphatic hydroxyl groups excluding tert-OH is 1. The zero-order valence-electron chi connectivity index (χ0n) is 15.2. The summed E-state index contributed by atoms with van der Waals surface area (Å²) in [6.45, 7) is 4.47. The first-order valence-corrected chi connectivity index (χ1v) is 9.58. The van der Waals surface area contributed by atoms with Crippen molar-refractivity contribution in [3.63, 3.8) is 0 Å². The van der Waals surface area contributed by atoms with Crippen LogP contribution >= 0.6 is 0 Å². The van der Waals surface area contributed by atoms with Crippen molar-refractivity contribution >= 4 is 5.78 Å². The number of carbonyl (C=O) groups excluding carboxylic acids is 1. The highest BCUT2D eigenvalue weighted by molar-refractivity contribution is 6.05. The van der Waals surface area contributed by atoms with Crippen LogP contribution in [0.3, 0.4) is 0 Å². The summed E-state index contributed by atoms with van der Waals surface area (Å²) in [5.74, 6) is 4.17. The van der Waals surface area contributed by atoms with E-state index in [4.69, 9.17) is 6.42 Å². The van der Waals surface area contributed by atoms with Gasteiger partial charge in [0.15, 0.2) is 5.78 Å². The Balaban J connectivity index is 1.72. The summed E-state index contributed by atoms with van der Waals surface area (Å²) in [5, 5.41) is 20.5. The van der Waals surface area contributed by atoms with Gasteiger partial charge < -0.3 is 10.2 Å². The van der Waals surface area contributed by atoms with E-state index in [9.17, 15) is 15.0 Å². The number of fused-ring (bicyclic) bond motifs is 5. The summed E-state index contributed by atoms with van der Waals surface area (Å²) in [7, 11) is 0. The van der Waals surface area contributed by atoms with Crippen molar-refractivity contribution in [2.24, 2.45) is 28.6 Å². The fraction of sp³-hybridized carbons (Fsp3) is 0.682. The average molecular weight is 340 g/mol. The molecular formula is C22H28O3. The molecule has 2 N–H and O–H groups in total. The Kier molecular flexibility index (Phi) is 3.54. The Morgan fingerprint density at radius 1 is 1.24 bits per heavy atom. The Hall–Kier alpha value is -1.53. The van der Waals surface area contributed by atoms with Crippen LogP contribution in [0.2, 0.25) is 0 Å². The van der Waals surface area contributed by atoms with E-state index in [0.29, 0.717) is 36.2 Å². The van der Waals surface area contributed by atoms with Crippen molar-refractivity contribution in [2.75, 3.05) is 0 Å². The Labute approximate surface area is 150 Å². The molecule has 3 saturated carbocycles. The van der Waals surface area contributed by atoms with Gasteiger partial charge in [0, 0.05) is 11.0 Å². The van der Waals surface area contributed by atoms with E-state index in [1.807, 2.05) is 0 Å². The van der Waals surface area contributed by atoms with E-state index in [1.54, 1.807) is 6.08 Å². The number of rotatable bonds is 0. The number of ketones is 1. The summed E-state index contributed by atoms with van der Waals surface area (Å²) in [6.07, 6.45) is 14.8. The molecule has 0 bridgehead atoms. The second kappa shape index (κ2) is 5.24. The molecule has 0 aliphatic heterocycles. The summed E-state index contributed by atoms with van der Waals surface area (Å²) >= 11 is 0. The molecule has 0 aromatic carbocycles. The van der Waals surface area contributed by atoms with Crippen LogP contribution in [-0.2, 0) is 4.79 Å². The summed E-state index contributed by atoms with van der Waals surface area (Å²) in [4.78, 5) is 12.2. The molecule has 0 saturated heterocycles. The predicted octanol–water partition coefficient (Wildman–Crippen LogP) is 3.93. The van der Waals surface area contributed by atoms with Crippen molar-refractivity contribution in [1.82, 2.24) is 0 Å². The molecule has 0 spiro atoms. The molecule has 3 nitrogen and oxygen atoms in total. The summed E-state index contributed by atoms with van der Waals surface area (Å²) in [6, 6.07) is 0. The van der Waals surface area contributed by atoms with Gasteiger partial charge in [-0.15, -0.1) is 6.42 Å². The van der Waals surface area contributed by atoms with E-state index in [1.165, 1.54) is 5.57 Å². The van der Waals surface area contributed by atoms with Crippen LogP contribution in [0.25, 0.3) is 0 Å². The van der Waals surface area contributed by atoms with Crippen molar-refractivity contribution in [1.29, 1.82) is 0 Å². The van der Waals surface area contributed by atoms with Crippen LogP contribution in [0.5, 0.6) is 0 Å². The molecule has 0 radical (unpaired) electrons. The monoisotopic (exact) mass is 340 g/mol. The maximum Gasteiger partial charge on any atom is 0.184 e. The van der Waals surface area contributed by atoms with Crippen LogP contribution in [0, 0.1) is 40.9 Å². The van der Waals surface area contributed by atoms with Gasteiger partial charge in [-0.3, -0.25) is 4.79 Å². The Bertz CT molecular complexity index is 726. The molecule has 4 rings (SSSR count). The zero-order valence-corrected chi connectivity index (χ0v) is 15.2. The van der Waals surface area contributed by atoms with Gasteiger partial charge in [0.05, 0.1) is 6.26 Å². The van der Waals surface area contributed by atoms with Crippen molar-refractivity contribution in [3.05, 3.63) is 23.5 Å². The predicted molar refractivity (Wildman–Crippen MR) is 96.6 cm³/mol. The van der Waals surface area contributed by atoms with Crippen LogP contribution < -0.4 is 0 Å². The lowest BCUT2D eigenvalue weighted by molar-refractivity contribution is -0.115. The maximum atomic E-state index is 12.2. The first kappa shape index (κ1) is 16.9. The molecule has 6 atom stereocenters. The van der Waals surface area contributed by atoms with Gasteiger partial charge in [-0.2, -0.15) is 0 Å². The van der Waals surface area contributed by atoms with E-state index in [-0.39, 0.29) is 16.6 Å². The second-order valence-corrected chi connectivity index (χ2v) is 9.20.